The van der Waals surface area contributed by atoms with E-state index in [4.69, 9.17) is 16.1 Å². The molecular weight excluding hydrogens is 443 g/mol. The number of imidazole rings is 1. The molecule has 1 unspecified atom stereocenters. The average molecular weight is 456 g/mol. The fourth-order valence-electron chi connectivity index (χ4n) is 2.83. The van der Waals surface area contributed by atoms with Gasteiger partial charge in [0.1, 0.15) is 16.7 Å². The monoisotopic (exact) mass is 455 g/mol. The highest BCUT2D eigenvalue weighted by Crippen LogP contribution is 2.33. The lowest BCUT2D eigenvalue weighted by atomic mass is 10.1. The number of benzene rings is 1. The molecule has 0 fully saturated rings. The Kier molecular flexibility index (Phi) is 5.02. The topological polar surface area (TPSA) is 85.3 Å². The van der Waals surface area contributed by atoms with Gasteiger partial charge < -0.3 is 13.6 Å². The molecule has 0 bridgehead atoms. The summed E-state index contributed by atoms with van der Waals surface area (Å²) in [5.74, 6) is 0.309. The number of alkyl halides is 3. The van der Waals surface area contributed by atoms with Crippen LogP contribution in [-0.2, 0) is 17.2 Å². The minimum Gasteiger partial charge on any atom is -0.332 e. The first kappa shape index (κ1) is 20.4. The molecule has 7 nitrogen and oxygen atoms in total. The van der Waals surface area contributed by atoms with E-state index in [2.05, 4.69) is 19.8 Å². The second kappa shape index (κ2) is 7.40. The Balaban J connectivity index is 1.69. The van der Waals surface area contributed by atoms with Gasteiger partial charge in [-0.05, 0) is 36.8 Å². The number of pyridine rings is 1. The van der Waals surface area contributed by atoms with Crippen LogP contribution in [0.2, 0.25) is 5.02 Å². The summed E-state index contributed by atoms with van der Waals surface area (Å²) in [6.07, 6.45) is -0.787. The Morgan fingerprint density at radius 2 is 1.97 bits per heavy atom. The van der Waals surface area contributed by atoms with Crippen molar-refractivity contribution in [2.24, 2.45) is 0 Å². The second-order valence-electron chi connectivity index (χ2n) is 6.44. The number of nitrogens with one attached hydrogen (secondary N) is 1. The smallest absolute Gasteiger partial charge is 0.332 e. The van der Waals surface area contributed by atoms with Crippen LogP contribution in [0, 0.1) is 6.92 Å². The molecule has 12 heteroatoms. The summed E-state index contributed by atoms with van der Waals surface area (Å²) in [7, 11) is -1.21. The lowest BCUT2D eigenvalue weighted by molar-refractivity contribution is -0.137. The maximum Gasteiger partial charge on any atom is 0.417 e. The summed E-state index contributed by atoms with van der Waals surface area (Å²) < 4.78 is 59.5. The van der Waals surface area contributed by atoms with Crippen LogP contribution in [-0.4, -0.2) is 30.0 Å². The average Bonchev–Trinajstić information content (AvgIpc) is 3.29. The van der Waals surface area contributed by atoms with Gasteiger partial charge in [0.25, 0.3) is 5.89 Å². The van der Waals surface area contributed by atoms with E-state index in [0.717, 1.165) is 17.8 Å². The number of rotatable bonds is 4. The van der Waals surface area contributed by atoms with Crippen LogP contribution in [0.5, 0.6) is 0 Å². The normalized spacial score (nSPS) is 13.0. The first-order chi connectivity index (χ1) is 14.1. The molecule has 0 saturated carbocycles. The molecule has 0 aliphatic rings. The molecule has 0 saturated heterocycles. The van der Waals surface area contributed by atoms with Gasteiger partial charge in [0, 0.05) is 29.9 Å². The van der Waals surface area contributed by atoms with Gasteiger partial charge >= 0.3 is 6.18 Å². The van der Waals surface area contributed by atoms with E-state index in [9.17, 15) is 17.4 Å². The molecule has 30 heavy (non-hydrogen) atoms. The van der Waals surface area contributed by atoms with Crippen molar-refractivity contribution in [2.75, 3.05) is 11.0 Å². The van der Waals surface area contributed by atoms with Crippen molar-refractivity contribution >= 4 is 33.9 Å². The first-order valence-electron chi connectivity index (χ1n) is 8.42. The van der Waals surface area contributed by atoms with E-state index in [-0.39, 0.29) is 28.1 Å². The molecule has 4 aromatic rings. The van der Waals surface area contributed by atoms with Crippen molar-refractivity contribution in [3.8, 4) is 23.0 Å². The van der Waals surface area contributed by atoms with E-state index >= 15 is 0 Å². The SMILES string of the molecule is Cc1cc(-c2noc(-c3cn4cc(C(F)(F)F)cc(Cl)c4n3)n2)ccc1NS(C)=O. The third-order valence-electron chi connectivity index (χ3n) is 4.22. The van der Waals surface area contributed by atoms with Crippen molar-refractivity contribution < 1.29 is 21.9 Å². The van der Waals surface area contributed by atoms with Crippen molar-refractivity contribution in [1.82, 2.24) is 19.5 Å². The third kappa shape index (κ3) is 3.90. The lowest BCUT2D eigenvalue weighted by Gasteiger charge is -2.07. The van der Waals surface area contributed by atoms with Gasteiger partial charge in [-0.25, -0.2) is 9.19 Å². The number of aromatic nitrogens is 4. The predicted molar refractivity (Wildman–Crippen MR) is 106 cm³/mol. The Bertz CT molecular complexity index is 1280. The molecule has 4 rings (SSSR count). The molecule has 0 spiro atoms. The van der Waals surface area contributed by atoms with Gasteiger partial charge in [0.2, 0.25) is 5.82 Å². The number of nitrogens with zero attached hydrogens (tertiary/aromatic N) is 4. The second-order valence-corrected chi connectivity index (χ2v) is 7.96. The Hall–Kier alpha value is -2.92. The highest BCUT2D eigenvalue weighted by molar-refractivity contribution is 7.85. The van der Waals surface area contributed by atoms with E-state index in [0.29, 0.717) is 11.3 Å². The van der Waals surface area contributed by atoms with Crippen LogP contribution in [0.25, 0.3) is 28.6 Å². The van der Waals surface area contributed by atoms with Gasteiger partial charge in [-0.1, -0.05) is 16.8 Å². The molecule has 1 aromatic carbocycles. The molecule has 1 N–H and O–H groups in total. The van der Waals surface area contributed by atoms with Gasteiger partial charge in [-0.15, -0.1) is 0 Å². The standard InChI is InChI=1S/C18H13ClF3N5O2S/c1-9-5-10(3-4-13(9)26-30(2)28)15-24-17(29-25-15)14-8-27-7-11(18(20,21)22)6-12(19)16(27)23-14/h3-8,26H,1-2H3. The van der Waals surface area contributed by atoms with Crippen molar-refractivity contribution in [1.29, 1.82) is 0 Å². The van der Waals surface area contributed by atoms with Crippen LogP contribution < -0.4 is 4.72 Å². The molecular formula is C18H13ClF3N5O2S. The lowest BCUT2D eigenvalue weighted by Crippen LogP contribution is -2.06. The highest BCUT2D eigenvalue weighted by Gasteiger charge is 2.32. The zero-order chi connectivity index (χ0) is 21.6. The number of fused-ring (bicyclic) bond motifs is 1. The Morgan fingerprint density at radius 1 is 1.20 bits per heavy atom. The summed E-state index contributed by atoms with van der Waals surface area (Å²) >= 11 is 5.96. The van der Waals surface area contributed by atoms with Crippen LogP contribution in [0.3, 0.4) is 0 Å². The number of anilines is 1. The van der Waals surface area contributed by atoms with Gasteiger partial charge in [0.15, 0.2) is 5.65 Å². The zero-order valence-corrected chi connectivity index (χ0v) is 17.1. The highest BCUT2D eigenvalue weighted by atomic mass is 35.5. The van der Waals surface area contributed by atoms with Crippen molar-refractivity contribution in [2.45, 2.75) is 13.1 Å². The first-order valence-corrected chi connectivity index (χ1v) is 10.4. The summed E-state index contributed by atoms with van der Waals surface area (Å²) in [5.41, 5.74) is 1.61. The molecule has 3 heterocycles. The van der Waals surface area contributed by atoms with Gasteiger partial charge in [-0.3, -0.25) is 0 Å². The number of halogens is 4. The quantitative estimate of drug-likeness (QED) is 0.480. The van der Waals surface area contributed by atoms with Crippen molar-refractivity contribution in [3.63, 3.8) is 0 Å². The number of hydrogen-bond acceptors (Lipinski definition) is 5. The largest absolute Gasteiger partial charge is 0.417 e. The fraction of sp³-hybridized carbons (Fsp3) is 0.167. The molecule has 0 aliphatic heterocycles. The molecule has 0 amide bonds. The fourth-order valence-corrected chi connectivity index (χ4v) is 3.63. The van der Waals surface area contributed by atoms with Gasteiger partial charge in [0.05, 0.1) is 10.6 Å². The van der Waals surface area contributed by atoms with Crippen LogP contribution in [0.1, 0.15) is 11.1 Å². The maximum atomic E-state index is 13.0. The predicted octanol–water partition coefficient (Wildman–Crippen LogP) is 4.74. The molecule has 3 aromatic heterocycles. The molecule has 0 aliphatic carbocycles. The zero-order valence-electron chi connectivity index (χ0n) is 15.5. The number of aryl methyl sites for hydroxylation is 1. The molecule has 1 atom stereocenters. The Labute approximate surface area is 175 Å². The van der Waals surface area contributed by atoms with Crippen molar-refractivity contribution in [3.05, 3.63) is 52.8 Å². The minimum atomic E-state index is -4.54. The summed E-state index contributed by atoms with van der Waals surface area (Å²) in [6, 6.07) is 6.08. The van der Waals surface area contributed by atoms with Crippen LogP contribution in [0.4, 0.5) is 18.9 Å². The summed E-state index contributed by atoms with van der Waals surface area (Å²) in [5, 5.41) is 3.77. The third-order valence-corrected chi connectivity index (χ3v) is 5.00. The molecule has 0 radical (unpaired) electrons. The van der Waals surface area contributed by atoms with Gasteiger partial charge in [-0.2, -0.15) is 18.2 Å². The Morgan fingerprint density at radius 3 is 2.63 bits per heavy atom. The maximum absolute atomic E-state index is 13.0. The molecule has 156 valence electrons. The van der Waals surface area contributed by atoms with E-state index < -0.39 is 22.7 Å². The van der Waals surface area contributed by atoms with E-state index in [1.54, 1.807) is 18.2 Å². The van der Waals surface area contributed by atoms with Crippen LogP contribution >= 0.6 is 11.6 Å². The van der Waals surface area contributed by atoms with E-state index in [1.807, 2.05) is 6.92 Å². The summed E-state index contributed by atoms with van der Waals surface area (Å²) in [4.78, 5) is 8.48. The number of hydrogen-bond donors (Lipinski definition) is 1. The van der Waals surface area contributed by atoms with Crippen LogP contribution in [0.15, 0.2) is 41.2 Å². The van der Waals surface area contributed by atoms with E-state index in [1.165, 1.54) is 16.9 Å². The summed E-state index contributed by atoms with van der Waals surface area (Å²) in [6.45, 7) is 1.84. The minimum absolute atomic E-state index is 0.0350.